The van der Waals surface area contributed by atoms with Crippen molar-refractivity contribution in [2.75, 3.05) is 10.6 Å². The van der Waals surface area contributed by atoms with Crippen molar-refractivity contribution < 1.29 is 9.59 Å². The summed E-state index contributed by atoms with van der Waals surface area (Å²) >= 11 is 0. The number of benzene rings is 1. The van der Waals surface area contributed by atoms with Crippen LogP contribution in [0.1, 0.15) is 19.4 Å². The fourth-order valence-electron chi connectivity index (χ4n) is 3.11. The summed E-state index contributed by atoms with van der Waals surface area (Å²) < 4.78 is 0. The molecule has 2 atom stereocenters. The second-order valence-corrected chi connectivity index (χ2v) is 5.83. The molecule has 1 aromatic carbocycles. The first-order chi connectivity index (χ1) is 8.35. The van der Waals surface area contributed by atoms with Crippen LogP contribution < -0.4 is 10.6 Å². The van der Waals surface area contributed by atoms with Crippen LogP contribution in [0.15, 0.2) is 18.2 Å². The van der Waals surface area contributed by atoms with Gasteiger partial charge in [0.25, 0.3) is 0 Å². The van der Waals surface area contributed by atoms with Gasteiger partial charge in [-0.3, -0.25) is 9.59 Å². The molecular formula is C14H16N2O2. The number of amides is 2. The van der Waals surface area contributed by atoms with Gasteiger partial charge in [-0.1, -0.05) is 13.8 Å². The van der Waals surface area contributed by atoms with E-state index in [0.29, 0.717) is 11.4 Å². The van der Waals surface area contributed by atoms with Crippen molar-refractivity contribution in [1.82, 2.24) is 0 Å². The fraction of sp³-hybridized carbons (Fsp3) is 0.429. The Morgan fingerprint density at radius 3 is 2.22 bits per heavy atom. The zero-order chi connectivity index (χ0) is 13.2. The van der Waals surface area contributed by atoms with Crippen LogP contribution in [-0.2, 0) is 9.59 Å². The average molecular weight is 244 g/mol. The van der Waals surface area contributed by atoms with Gasteiger partial charge in [0.1, 0.15) is 0 Å². The summed E-state index contributed by atoms with van der Waals surface area (Å²) in [6.07, 6.45) is 0. The number of rotatable bonds is 1. The topological polar surface area (TPSA) is 63.4 Å². The minimum Gasteiger partial charge on any atom is -0.399 e. The Morgan fingerprint density at radius 1 is 1.17 bits per heavy atom. The summed E-state index contributed by atoms with van der Waals surface area (Å²) in [7, 11) is 0. The number of hydrogen-bond donors (Lipinski definition) is 1. The number of piperidine rings is 1. The first-order valence-electron chi connectivity index (χ1n) is 6.09. The lowest BCUT2D eigenvalue weighted by atomic mass is 10.0. The van der Waals surface area contributed by atoms with Crippen LogP contribution in [0.2, 0.25) is 0 Å². The zero-order valence-corrected chi connectivity index (χ0v) is 10.7. The van der Waals surface area contributed by atoms with E-state index in [4.69, 9.17) is 5.73 Å². The number of anilines is 2. The summed E-state index contributed by atoms with van der Waals surface area (Å²) in [6, 6.07) is 5.25. The minimum absolute atomic E-state index is 0.0668. The van der Waals surface area contributed by atoms with E-state index in [9.17, 15) is 9.59 Å². The third-order valence-electron chi connectivity index (χ3n) is 4.26. The number of nitrogens with two attached hydrogens (primary N) is 1. The van der Waals surface area contributed by atoms with Crippen molar-refractivity contribution in [3.63, 3.8) is 0 Å². The molecule has 2 unspecified atom stereocenters. The van der Waals surface area contributed by atoms with Crippen molar-refractivity contribution in [1.29, 1.82) is 0 Å². The Hall–Kier alpha value is -1.84. The number of nitrogen functional groups attached to an aromatic ring is 1. The van der Waals surface area contributed by atoms with Gasteiger partial charge in [0, 0.05) is 5.69 Å². The lowest BCUT2D eigenvalue weighted by molar-refractivity contribution is -0.125. The highest BCUT2D eigenvalue weighted by atomic mass is 16.2. The van der Waals surface area contributed by atoms with Crippen molar-refractivity contribution in [3.8, 4) is 0 Å². The summed E-state index contributed by atoms with van der Waals surface area (Å²) in [4.78, 5) is 25.9. The number of imide groups is 1. The highest BCUT2D eigenvalue weighted by Crippen LogP contribution is 2.63. The second-order valence-electron chi connectivity index (χ2n) is 5.83. The minimum atomic E-state index is -0.160. The number of fused-ring (bicyclic) bond motifs is 1. The van der Waals surface area contributed by atoms with Gasteiger partial charge in [-0.2, -0.15) is 0 Å². The zero-order valence-electron chi connectivity index (χ0n) is 10.7. The molecule has 94 valence electrons. The molecule has 1 aliphatic heterocycles. The molecule has 1 saturated heterocycles. The standard InChI is InChI=1S/C14H16N2O2/c1-7-6-8(15)4-5-9(7)16-12(17)10-11(13(16)18)14(10,2)3/h4-6,10-11H,15H2,1-3H3. The van der Waals surface area contributed by atoms with Gasteiger partial charge in [-0.25, -0.2) is 4.90 Å². The molecule has 2 amide bonds. The van der Waals surface area contributed by atoms with Crippen LogP contribution in [0.25, 0.3) is 0 Å². The van der Waals surface area contributed by atoms with Crippen LogP contribution >= 0.6 is 0 Å². The van der Waals surface area contributed by atoms with E-state index in [1.54, 1.807) is 18.2 Å². The highest BCUT2D eigenvalue weighted by molar-refractivity contribution is 6.26. The molecule has 0 spiro atoms. The Balaban J connectivity index is 2.01. The van der Waals surface area contributed by atoms with Gasteiger partial charge in [0.2, 0.25) is 11.8 Å². The Bertz CT molecular complexity index is 553. The van der Waals surface area contributed by atoms with Crippen molar-refractivity contribution in [2.24, 2.45) is 17.3 Å². The Kier molecular flexibility index (Phi) is 1.96. The van der Waals surface area contributed by atoms with Crippen LogP contribution in [0.5, 0.6) is 0 Å². The average Bonchev–Trinajstić information content (AvgIpc) is 2.72. The van der Waals surface area contributed by atoms with E-state index in [-0.39, 0.29) is 29.1 Å². The van der Waals surface area contributed by atoms with Crippen LogP contribution in [0.4, 0.5) is 11.4 Å². The van der Waals surface area contributed by atoms with Crippen molar-refractivity contribution in [2.45, 2.75) is 20.8 Å². The second kappa shape index (κ2) is 3.13. The maximum atomic E-state index is 12.3. The first-order valence-corrected chi connectivity index (χ1v) is 6.09. The molecule has 1 aromatic rings. The molecule has 3 rings (SSSR count). The van der Waals surface area contributed by atoms with Crippen LogP contribution in [0.3, 0.4) is 0 Å². The molecule has 0 radical (unpaired) electrons. The fourth-order valence-corrected chi connectivity index (χ4v) is 3.11. The smallest absolute Gasteiger partial charge is 0.238 e. The van der Waals surface area contributed by atoms with Gasteiger partial charge >= 0.3 is 0 Å². The molecule has 1 aliphatic carbocycles. The highest BCUT2D eigenvalue weighted by Gasteiger charge is 2.72. The number of nitrogens with zero attached hydrogens (tertiary/aromatic N) is 1. The summed E-state index contributed by atoms with van der Waals surface area (Å²) in [5.41, 5.74) is 7.69. The van der Waals surface area contributed by atoms with E-state index in [1.165, 1.54) is 4.90 Å². The van der Waals surface area contributed by atoms with Gasteiger partial charge in [-0.05, 0) is 36.1 Å². The van der Waals surface area contributed by atoms with Crippen molar-refractivity contribution >= 4 is 23.2 Å². The van der Waals surface area contributed by atoms with E-state index in [2.05, 4.69) is 0 Å². The maximum absolute atomic E-state index is 12.3. The van der Waals surface area contributed by atoms with Crippen LogP contribution in [0, 0.1) is 24.2 Å². The molecular weight excluding hydrogens is 228 g/mol. The molecule has 18 heavy (non-hydrogen) atoms. The Labute approximate surface area is 106 Å². The maximum Gasteiger partial charge on any atom is 0.238 e. The first kappa shape index (κ1) is 11.3. The summed E-state index contributed by atoms with van der Waals surface area (Å²) in [6.45, 7) is 5.82. The van der Waals surface area contributed by atoms with E-state index in [1.807, 2.05) is 20.8 Å². The molecule has 2 fully saturated rings. The predicted molar refractivity (Wildman–Crippen MR) is 68.8 cm³/mol. The monoisotopic (exact) mass is 244 g/mol. The molecule has 0 bridgehead atoms. The van der Waals surface area contributed by atoms with Gasteiger partial charge in [-0.15, -0.1) is 0 Å². The SMILES string of the molecule is Cc1cc(N)ccc1N1C(=O)C2C(C1=O)C2(C)C. The van der Waals surface area contributed by atoms with Gasteiger partial charge in [0.05, 0.1) is 17.5 Å². The van der Waals surface area contributed by atoms with E-state index >= 15 is 0 Å². The predicted octanol–water partition coefficient (Wildman–Crippen LogP) is 1.72. The normalized spacial score (nSPS) is 28.5. The molecule has 4 heteroatoms. The molecule has 2 aliphatic rings. The van der Waals surface area contributed by atoms with Gasteiger partial charge < -0.3 is 5.73 Å². The number of carbonyl (C=O) groups is 2. The largest absolute Gasteiger partial charge is 0.399 e. The van der Waals surface area contributed by atoms with Crippen LogP contribution in [-0.4, -0.2) is 11.8 Å². The van der Waals surface area contributed by atoms with E-state index < -0.39 is 0 Å². The molecule has 2 N–H and O–H groups in total. The molecule has 1 saturated carbocycles. The quantitative estimate of drug-likeness (QED) is 0.604. The molecule has 1 heterocycles. The van der Waals surface area contributed by atoms with Gasteiger partial charge in [0.15, 0.2) is 0 Å². The summed E-state index contributed by atoms with van der Waals surface area (Å²) in [5.74, 6) is -0.408. The molecule has 0 aromatic heterocycles. The lowest BCUT2D eigenvalue weighted by Crippen LogP contribution is -2.36. The molecule has 4 nitrogen and oxygen atoms in total. The third-order valence-corrected chi connectivity index (χ3v) is 4.26. The number of aryl methyl sites for hydroxylation is 1. The number of carbonyl (C=O) groups excluding carboxylic acids is 2. The lowest BCUT2D eigenvalue weighted by Gasteiger charge is -2.22. The Morgan fingerprint density at radius 2 is 1.72 bits per heavy atom. The van der Waals surface area contributed by atoms with E-state index in [0.717, 1.165) is 5.56 Å². The van der Waals surface area contributed by atoms with Crippen molar-refractivity contribution in [3.05, 3.63) is 23.8 Å². The third kappa shape index (κ3) is 1.20. The number of hydrogen-bond acceptors (Lipinski definition) is 3. The summed E-state index contributed by atoms with van der Waals surface area (Å²) in [5, 5.41) is 0.